The van der Waals surface area contributed by atoms with E-state index in [1.807, 2.05) is 4.90 Å². The molecule has 0 bridgehead atoms. The summed E-state index contributed by atoms with van der Waals surface area (Å²) in [6.07, 6.45) is -0.841. The molecule has 1 aliphatic rings. The van der Waals surface area contributed by atoms with Gasteiger partial charge in [-0.2, -0.15) is 0 Å². The highest BCUT2D eigenvalue weighted by molar-refractivity contribution is 7.80. The van der Waals surface area contributed by atoms with Crippen LogP contribution in [0.5, 0.6) is 0 Å². The van der Waals surface area contributed by atoms with Gasteiger partial charge in [0.2, 0.25) is 0 Å². The SMILES string of the molecule is CC(=O)O[C@@H](C)C(=O)NC(=S)N1CCOCC1. The van der Waals surface area contributed by atoms with E-state index in [0.717, 1.165) is 0 Å². The quantitative estimate of drug-likeness (QED) is 0.542. The molecule has 1 amide bonds. The van der Waals surface area contributed by atoms with Gasteiger partial charge in [0.05, 0.1) is 13.2 Å². The number of esters is 1. The van der Waals surface area contributed by atoms with E-state index in [1.54, 1.807) is 0 Å². The van der Waals surface area contributed by atoms with Gasteiger partial charge in [-0.25, -0.2) is 0 Å². The van der Waals surface area contributed by atoms with E-state index in [-0.39, 0.29) is 0 Å². The first kappa shape index (κ1) is 13.9. The Labute approximate surface area is 105 Å². The van der Waals surface area contributed by atoms with E-state index >= 15 is 0 Å². The minimum Gasteiger partial charge on any atom is -0.453 e. The van der Waals surface area contributed by atoms with Crippen molar-refractivity contribution in [3.8, 4) is 0 Å². The second-order valence-corrected chi connectivity index (χ2v) is 4.03. The van der Waals surface area contributed by atoms with E-state index in [1.165, 1.54) is 13.8 Å². The van der Waals surface area contributed by atoms with Crippen LogP contribution in [0.1, 0.15) is 13.8 Å². The van der Waals surface area contributed by atoms with Crippen LogP contribution in [-0.4, -0.2) is 54.3 Å². The number of thiocarbonyl (C=S) groups is 1. The lowest BCUT2D eigenvalue weighted by atomic mass is 10.4. The molecule has 17 heavy (non-hydrogen) atoms. The lowest BCUT2D eigenvalue weighted by molar-refractivity contribution is -0.152. The van der Waals surface area contributed by atoms with Gasteiger partial charge in [0, 0.05) is 20.0 Å². The molecule has 1 N–H and O–H groups in total. The van der Waals surface area contributed by atoms with Crippen LogP contribution in [-0.2, 0) is 19.1 Å². The summed E-state index contributed by atoms with van der Waals surface area (Å²) in [5, 5.41) is 2.89. The van der Waals surface area contributed by atoms with E-state index in [2.05, 4.69) is 5.32 Å². The monoisotopic (exact) mass is 260 g/mol. The van der Waals surface area contributed by atoms with Crippen molar-refractivity contribution in [2.75, 3.05) is 26.3 Å². The second-order valence-electron chi connectivity index (χ2n) is 3.65. The first-order valence-electron chi connectivity index (χ1n) is 5.35. The highest BCUT2D eigenvalue weighted by atomic mass is 32.1. The summed E-state index contributed by atoms with van der Waals surface area (Å²) in [6, 6.07) is 0. The zero-order chi connectivity index (χ0) is 12.8. The van der Waals surface area contributed by atoms with Crippen LogP contribution in [0.25, 0.3) is 0 Å². The summed E-state index contributed by atoms with van der Waals surface area (Å²) in [7, 11) is 0. The number of nitrogens with zero attached hydrogens (tertiary/aromatic N) is 1. The lowest BCUT2D eigenvalue weighted by Gasteiger charge is -2.29. The lowest BCUT2D eigenvalue weighted by Crippen LogP contribution is -2.50. The third-order valence-corrected chi connectivity index (χ3v) is 2.60. The third-order valence-electron chi connectivity index (χ3n) is 2.24. The van der Waals surface area contributed by atoms with Crippen molar-refractivity contribution in [1.82, 2.24) is 10.2 Å². The van der Waals surface area contributed by atoms with Gasteiger partial charge >= 0.3 is 5.97 Å². The maximum absolute atomic E-state index is 11.6. The van der Waals surface area contributed by atoms with Gasteiger partial charge < -0.3 is 14.4 Å². The average molecular weight is 260 g/mol. The Balaban J connectivity index is 2.39. The standard InChI is InChI=1S/C10H16N2O4S/c1-7(16-8(2)13)9(14)11-10(17)12-3-5-15-6-4-12/h7H,3-6H2,1-2H3,(H,11,14,17)/t7-/m0/s1. The predicted octanol–water partition coefficient (Wildman–Crippen LogP) is -0.329. The average Bonchev–Trinajstić information content (AvgIpc) is 2.29. The maximum atomic E-state index is 11.6. The van der Waals surface area contributed by atoms with Crippen molar-refractivity contribution in [1.29, 1.82) is 0 Å². The first-order valence-corrected chi connectivity index (χ1v) is 5.76. The Morgan fingerprint density at radius 3 is 2.53 bits per heavy atom. The Kier molecular flexibility index (Phi) is 5.30. The third kappa shape index (κ3) is 4.66. The number of carbonyl (C=O) groups excluding carboxylic acids is 2. The van der Waals surface area contributed by atoms with Crippen molar-refractivity contribution < 1.29 is 19.1 Å². The summed E-state index contributed by atoms with van der Waals surface area (Å²) in [5.74, 6) is -0.915. The smallest absolute Gasteiger partial charge is 0.303 e. The summed E-state index contributed by atoms with van der Waals surface area (Å²) in [5.41, 5.74) is 0. The molecule has 1 atom stereocenters. The predicted molar refractivity (Wildman–Crippen MR) is 64.4 cm³/mol. The normalized spacial score (nSPS) is 17.2. The fraction of sp³-hybridized carbons (Fsp3) is 0.700. The Morgan fingerprint density at radius 2 is 2.00 bits per heavy atom. The molecule has 0 aromatic rings. The molecular weight excluding hydrogens is 244 g/mol. The van der Waals surface area contributed by atoms with Gasteiger partial charge in [-0.1, -0.05) is 0 Å². The number of nitrogens with one attached hydrogen (secondary N) is 1. The molecule has 1 saturated heterocycles. The van der Waals surface area contributed by atoms with Gasteiger partial charge in [0.25, 0.3) is 5.91 Å². The molecule has 0 unspecified atom stereocenters. The largest absolute Gasteiger partial charge is 0.453 e. The molecule has 1 rings (SSSR count). The summed E-state index contributed by atoms with van der Waals surface area (Å²) < 4.78 is 9.92. The Morgan fingerprint density at radius 1 is 1.41 bits per heavy atom. The van der Waals surface area contributed by atoms with Crippen LogP contribution in [0, 0.1) is 0 Å². The molecule has 1 heterocycles. The molecule has 0 aromatic carbocycles. The molecule has 0 aromatic heterocycles. The van der Waals surface area contributed by atoms with Gasteiger partial charge in [-0.15, -0.1) is 0 Å². The van der Waals surface area contributed by atoms with Crippen LogP contribution in [0.4, 0.5) is 0 Å². The summed E-state index contributed by atoms with van der Waals surface area (Å²) in [6.45, 7) is 5.25. The minimum absolute atomic E-state index is 0.345. The second kappa shape index (κ2) is 6.51. The van der Waals surface area contributed by atoms with Gasteiger partial charge in [0.1, 0.15) is 0 Å². The van der Waals surface area contributed by atoms with Crippen LogP contribution in [0.3, 0.4) is 0 Å². The number of carbonyl (C=O) groups is 2. The van der Waals surface area contributed by atoms with Crippen molar-refractivity contribution in [3.63, 3.8) is 0 Å². The molecule has 0 radical (unpaired) electrons. The number of hydrogen-bond donors (Lipinski definition) is 1. The van der Waals surface area contributed by atoms with E-state index in [0.29, 0.717) is 31.4 Å². The van der Waals surface area contributed by atoms with Crippen molar-refractivity contribution in [3.05, 3.63) is 0 Å². The maximum Gasteiger partial charge on any atom is 0.303 e. The summed E-state index contributed by atoms with van der Waals surface area (Å²) >= 11 is 5.08. The molecule has 7 heteroatoms. The van der Waals surface area contributed by atoms with Crippen LogP contribution < -0.4 is 5.32 Å². The molecule has 0 saturated carbocycles. The molecule has 1 aliphatic heterocycles. The van der Waals surface area contributed by atoms with Crippen molar-refractivity contribution in [2.24, 2.45) is 0 Å². The number of amides is 1. The molecule has 0 spiro atoms. The Bertz CT molecular complexity index is 315. The van der Waals surface area contributed by atoms with Crippen LogP contribution in [0.15, 0.2) is 0 Å². The van der Waals surface area contributed by atoms with Crippen molar-refractivity contribution >= 4 is 29.2 Å². The van der Waals surface area contributed by atoms with E-state index < -0.39 is 18.0 Å². The molecule has 0 aliphatic carbocycles. The number of hydrogen-bond acceptors (Lipinski definition) is 5. The van der Waals surface area contributed by atoms with Gasteiger partial charge in [-0.05, 0) is 19.1 Å². The fourth-order valence-electron chi connectivity index (χ4n) is 1.35. The number of morpholine rings is 1. The van der Waals surface area contributed by atoms with Crippen LogP contribution >= 0.6 is 12.2 Å². The van der Waals surface area contributed by atoms with E-state index in [4.69, 9.17) is 21.7 Å². The number of rotatable bonds is 2. The molecule has 6 nitrogen and oxygen atoms in total. The number of ether oxygens (including phenoxy) is 2. The highest BCUT2D eigenvalue weighted by Gasteiger charge is 2.20. The van der Waals surface area contributed by atoms with Crippen molar-refractivity contribution in [2.45, 2.75) is 20.0 Å². The zero-order valence-corrected chi connectivity index (χ0v) is 10.7. The van der Waals surface area contributed by atoms with E-state index in [9.17, 15) is 9.59 Å². The first-order chi connectivity index (χ1) is 8.00. The topological polar surface area (TPSA) is 67.9 Å². The highest BCUT2D eigenvalue weighted by Crippen LogP contribution is 1.99. The van der Waals surface area contributed by atoms with Gasteiger partial charge in [-0.3, -0.25) is 14.9 Å². The minimum atomic E-state index is -0.841. The Hall–Kier alpha value is -1.21. The molecule has 96 valence electrons. The fourth-order valence-corrected chi connectivity index (χ4v) is 1.64. The molecule has 1 fully saturated rings. The zero-order valence-electron chi connectivity index (χ0n) is 9.89. The van der Waals surface area contributed by atoms with Gasteiger partial charge in [0.15, 0.2) is 11.2 Å². The summed E-state index contributed by atoms with van der Waals surface area (Å²) in [4.78, 5) is 24.1. The van der Waals surface area contributed by atoms with Crippen LogP contribution in [0.2, 0.25) is 0 Å². The molecular formula is C10H16N2O4S.